The lowest BCUT2D eigenvalue weighted by atomic mass is 10.3. The van der Waals surface area contributed by atoms with E-state index >= 15 is 0 Å². The lowest BCUT2D eigenvalue weighted by molar-refractivity contribution is 0.405. The number of halogens is 1. The maximum absolute atomic E-state index is 9.15. The number of phenols is 1. The Bertz CT molecular complexity index is 275. The Morgan fingerprint density at radius 3 is 2.73 bits per heavy atom. The smallest absolute Gasteiger partial charge is 0.142 e. The van der Waals surface area contributed by atoms with E-state index in [0.29, 0.717) is 11.4 Å². The number of nitrogens with two attached hydrogens (primary N) is 1. The molecule has 60 valence electrons. The second kappa shape index (κ2) is 3.17. The van der Waals surface area contributed by atoms with Gasteiger partial charge in [-0.3, -0.25) is 0 Å². The van der Waals surface area contributed by atoms with Crippen molar-refractivity contribution < 1.29 is 9.84 Å². The van der Waals surface area contributed by atoms with Crippen molar-refractivity contribution in [2.75, 3.05) is 12.8 Å². The number of hydrogen-bond acceptors (Lipinski definition) is 3. The minimum absolute atomic E-state index is 0.0577. The van der Waals surface area contributed by atoms with Crippen LogP contribution in [0.5, 0.6) is 11.5 Å². The largest absolute Gasteiger partial charge is 0.506 e. The molecule has 0 saturated carbocycles. The molecule has 0 heterocycles. The summed E-state index contributed by atoms with van der Waals surface area (Å²) in [5.74, 6) is 0.694. The zero-order valence-corrected chi connectivity index (χ0v) is 8.12. The van der Waals surface area contributed by atoms with Crippen LogP contribution < -0.4 is 10.5 Å². The van der Waals surface area contributed by atoms with Crippen LogP contribution in [-0.2, 0) is 0 Å². The Kier molecular flexibility index (Phi) is 2.43. The molecule has 0 radical (unpaired) electrons. The van der Waals surface area contributed by atoms with E-state index in [4.69, 9.17) is 15.6 Å². The minimum atomic E-state index is 0.0577. The van der Waals surface area contributed by atoms with E-state index in [1.54, 1.807) is 13.2 Å². The summed E-state index contributed by atoms with van der Waals surface area (Å²) in [5, 5.41) is 9.15. The van der Waals surface area contributed by atoms with Crippen LogP contribution in [0.25, 0.3) is 0 Å². The quantitative estimate of drug-likeness (QED) is 0.460. The molecule has 0 atom stereocenters. The highest BCUT2D eigenvalue weighted by Crippen LogP contribution is 2.30. The summed E-state index contributed by atoms with van der Waals surface area (Å²) >= 11 is 2.09. The van der Waals surface area contributed by atoms with Gasteiger partial charge in [0, 0.05) is 6.07 Å². The van der Waals surface area contributed by atoms with Gasteiger partial charge in [0.25, 0.3) is 0 Å². The second-order valence-electron chi connectivity index (χ2n) is 2.05. The van der Waals surface area contributed by atoms with Crippen molar-refractivity contribution in [2.45, 2.75) is 0 Å². The number of aromatic hydroxyl groups is 1. The molecule has 0 aliphatic rings. The molecule has 1 aromatic carbocycles. The van der Waals surface area contributed by atoms with Gasteiger partial charge in [-0.25, -0.2) is 0 Å². The van der Waals surface area contributed by atoms with E-state index in [9.17, 15) is 0 Å². The van der Waals surface area contributed by atoms with Gasteiger partial charge < -0.3 is 15.6 Å². The number of rotatable bonds is 1. The molecule has 0 aliphatic heterocycles. The highest BCUT2D eigenvalue weighted by Gasteiger charge is 2.03. The van der Waals surface area contributed by atoms with Crippen LogP contribution in [0.1, 0.15) is 0 Å². The number of ether oxygens (including phenoxy) is 1. The average Bonchev–Trinajstić information content (AvgIpc) is 1.97. The molecule has 3 N–H and O–H groups in total. The van der Waals surface area contributed by atoms with Crippen molar-refractivity contribution >= 4 is 28.3 Å². The van der Waals surface area contributed by atoms with Gasteiger partial charge in [0.15, 0.2) is 0 Å². The van der Waals surface area contributed by atoms with Crippen molar-refractivity contribution in [3.63, 3.8) is 0 Å². The van der Waals surface area contributed by atoms with Gasteiger partial charge in [-0.1, -0.05) is 0 Å². The zero-order valence-electron chi connectivity index (χ0n) is 5.97. The molecule has 0 aromatic heterocycles. The van der Waals surface area contributed by atoms with Crippen LogP contribution >= 0.6 is 22.6 Å². The summed E-state index contributed by atoms with van der Waals surface area (Å²) in [4.78, 5) is 0. The van der Waals surface area contributed by atoms with Crippen molar-refractivity contribution in [3.05, 3.63) is 15.7 Å². The van der Waals surface area contributed by atoms with E-state index in [0.717, 1.165) is 3.57 Å². The fraction of sp³-hybridized carbons (Fsp3) is 0.143. The number of anilines is 1. The Morgan fingerprint density at radius 2 is 2.18 bits per heavy atom. The van der Waals surface area contributed by atoms with E-state index in [2.05, 4.69) is 22.6 Å². The number of phenolic OH excluding ortho intramolecular Hbond substituents is 1. The Balaban J connectivity index is 3.21. The molecule has 0 spiro atoms. The SMILES string of the molecule is COc1cc(O)c(N)cc1I. The molecule has 0 saturated heterocycles. The van der Waals surface area contributed by atoms with Gasteiger partial charge in [0.2, 0.25) is 0 Å². The lowest BCUT2D eigenvalue weighted by Crippen LogP contribution is -1.90. The van der Waals surface area contributed by atoms with Gasteiger partial charge in [-0.05, 0) is 28.7 Å². The monoisotopic (exact) mass is 265 g/mol. The molecule has 0 unspecified atom stereocenters. The normalized spacial score (nSPS) is 9.64. The zero-order chi connectivity index (χ0) is 8.43. The molecular formula is C7H8INO2. The van der Waals surface area contributed by atoms with Crippen LogP contribution in [0, 0.1) is 3.57 Å². The molecule has 0 amide bonds. The predicted octanol–water partition coefficient (Wildman–Crippen LogP) is 1.59. The number of benzene rings is 1. The molecular weight excluding hydrogens is 257 g/mol. The molecule has 0 aliphatic carbocycles. The Morgan fingerprint density at radius 1 is 1.55 bits per heavy atom. The van der Waals surface area contributed by atoms with Crippen molar-refractivity contribution in [1.82, 2.24) is 0 Å². The van der Waals surface area contributed by atoms with E-state index in [-0.39, 0.29) is 5.75 Å². The van der Waals surface area contributed by atoms with Crippen LogP contribution in [0.4, 0.5) is 5.69 Å². The standard InChI is InChI=1S/C7H8INO2/c1-11-7-3-6(10)5(9)2-4(7)8/h2-3,10H,9H2,1H3. The Labute approximate surface area is 78.3 Å². The topological polar surface area (TPSA) is 55.5 Å². The first-order valence-electron chi connectivity index (χ1n) is 2.97. The molecule has 1 rings (SSSR count). The molecule has 1 aromatic rings. The fourth-order valence-electron chi connectivity index (χ4n) is 0.714. The average molecular weight is 265 g/mol. The van der Waals surface area contributed by atoms with E-state index in [1.165, 1.54) is 6.07 Å². The summed E-state index contributed by atoms with van der Waals surface area (Å²) in [6.07, 6.45) is 0. The van der Waals surface area contributed by atoms with E-state index < -0.39 is 0 Å². The van der Waals surface area contributed by atoms with Gasteiger partial charge in [0.1, 0.15) is 11.5 Å². The first-order chi connectivity index (χ1) is 5.15. The van der Waals surface area contributed by atoms with Crippen LogP contribution in [0.2, 0.25) is 0 Å². The maximum atomic E-state index is 9.15. The summed E-state index contributed by atoms with van der Waals surface area (Å²) in [7, 11) is 1.55. The summed E-state index contributed by atoms with van der Waals surface area (Å²) in [6, 6.07) is 3.16. The summed E-state index contributed by atoms with van der Waals surface area (Å²) in [5.41, 5.74) is 5.80. The number of nitrogen functional groups attached to an aromatic ring is 1. The molecule has 4 heteroatoms. The molecule has 0 bridgehead atoms. The van der Waals surface area contributed by atoms with Crippen molar-refractivity contribution in [3.8, 4) is 11.5 Å². The third kappa shape index (κ3) is 1.68. The highest BCUT2D eigenvalue weighted by molar-refractivity contribution is 14.1. The molecule has 11 heavy (non-hydrogen) atoms. The third-order valence-corrected chi connectivity index (χ3v) is 2.14. The minimum Gasteiger partial charge on any atom is -0.506 e. The van der Waals surface area contributed by atoms with Gasteiger partial charge in [-0.2, -0.15) is 0 Å². The van der Waals surface area contributed by atoms with Gasteiger partial charge in [0.05, 0.1) is 16.4 Å². The first-order valence-corrected chi connectivity index (χ1v) is 4.05. The lowest BCUT2D eigenvalue weighted by Gasteiger charge is -2.05. The van der Waals surface area contributed by atoms with Crippen LogP contribution in [0.15, 0.2) is 12.1 Å². The first kappa shape index (κ1) is 8.45. The van der Waals surface area contributed by atoms with Crippen molar-refractivity contribution in [1.29, 1.82) is 0 Å². The van der Waals surface area contributed by atoms with E-state index in [1.807, 2.05) is 0 Å². The van der Waals surface area contributed by atoms with Gasteiger partial charge in [-0.15, -0.1) is 0 Å². The maximum Gasteiger partial charge on any atom is 0.142 e. The number of methoxy groups -OCH3 is 1. The molecule has 3 nitrogen and oxygen atoms in total. The second-order valence-corrected chi connectivity index (χ2v) is 3.21. The summed E-state index contributed by atoms with van der Waals surface area (Å²) in [6.45, 7) is 0. The van der Waals surface area contributed by atoms with Gasteiger partial charge >= 0.3 is 0 Å². The fourth-order valence-corrected chi connectivity index (χ4v) is 1.43. The van der Waals surface area contributed by atoms with Crippen LogP contribution in [0.3, 0.4) is 0 Å². The predicted molar refractivity (Wildman–Crippen MR) is 51.8 cm³/mol. The Hall–Kier alpha value is -0.650. The highest BCUT2D eigenvalue weighted by atomic mass is 127. The van der Waals surface area contributed by atoms with Crippen molar-refractivity contribution in [2.24, 2.45) is 0 Å². The molecule has 0 fully saturated rings. The number of hydrogen-bond donors (Lipinski definition) is 2. The van der Waals surface area contributed by atoms with Crippen LogP contribution in [-0.4, -0.2) is 12.2 Å². The summed E-state index contributed by atoms with van der Waals surface area (Å²) < 4.78 is 5.85. The third-order valence-electron chi connectivity index (χ3n) is 1.30.